The SMILES string of the molecule is O[C@@H](c1ccccc1Cl)c1ccccc1Br. The lowest BCUT2D eigenvalue weighted by atomic mass is 10.0. The Labute approximate surface area is 108 Å². The summed E-state index contributed by atoms with van der Waals surface area (Å²) < 4.78 is 0.877. The first-order valence-electron chi connectivity index (χ1n) is 4.87. The molecule has 0 amide bonds. The van der Waals surface area contributed by atoms with Crippen LogP contribution in [0, 0.1) is 0 Å². The summed E-state index contributed by atoms with van der Waals surface area (Å²) in [5, 5.41) is 10.8. The molecule has 82 valence electrons. The molecule has 0 radical (unpaired) electrons. The van der Waals surface area contributed by atoms with Crippen molar-refractivity contribution < 1.29 is 5.11 Å². The van der Waals surface area contributed by atoms with Crippen LogP contribution in [0.25, 0.3) is 0 Å². The Balaban J connectivity index is 2.44. The molecular weight excluding hydrogens is 287 g/mol. The normalized spacial score (nSPS) is 12.4. The van der Waals surface area contributed by atoms with Gasteiger partial charge in [-0.1, -0.05) is 63.9 Å². The maximum absolute atomic E-state index is 10.2. The van der Waals surface area contributed by atoms with Crippen molar-refractivity contribution in [3.05, 3.63) is 69.2 Å². The first-order valence-corrected chi connectivity index (χ1v) is 6.04. The highest BCUT2D eigenvalue weighted by Gasteiger charge is 2.15. The molecule has 0 heterocycles. The number of aliphatic hydroxyl groups excluding tert-OH is 1. The monoisotopic (exact) mass is 296 g/mol. The minimum atomic E-state index is -0.704. The molecule has 0 aliphatic rings. The quantitative estimate of drug-likeness (QED) is 0.881. The summed E-state index contributed by atoms with van der Waals surface area (Å²) in [5.74, 6) is 0. The van der Waals surface area contributed by atoms with Crippen LogP contribution in [0.15, 0.2) is 53.0 Å². The lowest BCUT2D eigenvalue weighted by molar-refractivity contribution is 0.219. The molecule has 0 fully saturated rings. The molecule has 2 aromatic rings. The van der Waals surface area contributed by atoms with Gasteiger partial charge in [-0.05, 0) is 17.7 Å². The summed E-state index contributed by atoms with van der Waals surface area (Å²) in [6.45, 7) is 0. The van der Waals surface area contributed by atoms with Crippen molar-refractivity contribution in [2.24, 2.45) is 0 Å². The third kappa shape index (κ3) is 2.29. The first-order chi connectivity index (χ1) is 7.70. The number of hydrogen-bond acceptors (Lipinski definition) is 1. The van der Waals surface area contributed by atoms with E-state index in [2.05, 4.69) is 15.9 Å². The molecule has 0 saturated carbocycles. The van der Waals surface area contributed by atoms with Crippen LogP contribution in [-0.2, 0) is 0 Å². The van der Waals surface area contributed by atoms with Gasteiger partial charge in [0.1, 0.15) is 6.10 Å². The molecule has 0 aliphatic heterocycles. The van der Waals surface area contributed by atoms with Crippen molar-refractivity contribution in [2.75, 3.05) is 0 Å². The van der Waals surface area contributed by atoms with Gasteiger partial charge in [0.05, 0.1) is 0 Å². The molecule has 2 rings (SSSR count). The zero-order valence-electron chi connectivity index (χ0n) is 8.40. The van der Waals surface area contributed by atoms with Gasteiger partial charge >= 0.3 is 0 Å². The van der Waals surface area contributed by atoms with Gasteiger partial charge in [0.25, 0.3) is 0 Å². The molecule has 0 spiro atoms. The van der Waals surface area contributed by atoms with E-state index in [0.29, 0.717) is 5.02 Å². The summed E-state index contributed by atoms with van der Waals surface area (Å²) >= 11 is 9.46. The van der Waals surface area contributed by atoms with Crippen molar-refractivity contribution in [1.82, 2.24) is 0 Å². The molecule has 0 unspecified atom stereocenters. The van der Waals surface area contributed by atoms with E-state index in [1.165, 1.54) is 0 Å². The van der Waals surface area contributed by atoms with Crippen LogP contribution < -0.4 is 0 Å². The largest absolute Gasteiger partial charge is 0.384 e. The summed E-state index contributed by atoms with van der Waals surface area (Å²) in [7, 11) is 0. The number of rotatable bonds is 2. The van der Waals surface area contributed by atoms with Crippen LogP contribution in [0.5, 0.6) is 0 Å². The van der Waals surface area contributed by atoms with Crippen molar-refractivity contribution in [3.63, 3.8) is 0 Å². The first kappa shape index (κ1) is 11.6. The zero-order chi connectivity index (χ0) is 11.5. The smallest absolute Gasteiger partial charge is 0.107 e. The zero-order valence-corrected chi connectivity index (χ0v) is 10.7. The van der Waals surface area contributed by atoms with Gasteiger partial charge < -0.3 is 5.11 Å². The molecule has 0 aliphatic carbocycles. The second-order valence-corrected chi connectivity index (χ2v) is 4.71. The van der Waals surface area contributed by atoms with E-state index in [1.807, 2.05) is 42.5 Å². The third-order valence-corrected chi connectivity index (χ3v) is 3.47. The molecule has 0 bridgehead atoms. The van der Waals surface area contributed by atoms with Gasteiger partial charge in [-0.15, -0.1) is 0 Å². The molecule has 1 nitrogen and oxygen atoms in total. The fraction of sp³-hybridized carbons (Fsp3) is 0.0769. The topological polar surface area (TPSA) is 20.2 Å². The second kappa shape index (κ2) is 5.00. The van der Waals surface area contributed by atoms with E-state index in [0.717, 1.165) is 15.6 Å². The van der Waals surface area contributed by atoms with E-state index in [9.17, 15) is 5.11 Å². The Bertz CT molecular complexity index is 453. The molecule has 1 N–H and O–H groups in total. The van der Waals surface area contributed by atoms with E-state index in [1.54, 1.807) is 6.07 Å². The Morgan fingerprint density at radius 3 is 2.12 bits per heavy atom. The van der Waals surface area contributed by atoms with E-state index in [-0.39, 0.29) is 0 Å². The minimum Gasteiger partial charge on any atom is -0.384 e. The molecular formula is C13H10BrClO. The average Bonchev–Trinajstić information content (AvgIpc) is 2.29. The third-order valence-electron chi connectivity index (χ3n) is 2.40. The van der Waals surface area contributed by atoms with Crippen molar-refractivity contribution in [2.45, 2.75) is 6.10 Å². The van der Waals surface area contributed by atoms with Crippen LogP contribution in [-0.4, -0.2) is 5.11 Å². The van der Waals surface area contributed by atoms with Gasteiger partial charge in [-0.25, -0.2) is 0 Å². The van der Waals surface area contributed by atoms with Gasteiger partial charge in [-0.3, -0.25) is 0 Å². The molecule has 1 atom stereocenters. The Kier molecular flexibility index (Phi) is 3.64. The Morgan fingerprint density at radius 1 is 0.938 bits per heavy atom. The second-order valence-electron chi connectivity index (χ2n) is 3.45. The fourth-order valence-electron chi connectivity index (χ4n) is 1.56. The van der Waals surface area contributed by atoms with Crippen LogP contribution >= 0.6 is 27.5 Å². The number of aliphatic hydroxyl groups is 1. The van der Waals surface area contributed by atoms with Crippen molar-refractivity contribution in [3.8, 4) is 0 Å². The van der Waals surface area contributed by atoms with E-state index < -0.39 is 6.10 Å². The summed E-state index contributed by atoms with van der Waals surface area (Å²) in [5.41, 5.74) is 1.53. The molecule has 16 heavy (non-hydrogen) atoms. The van der Waals surface area contributed by atoms with Crippen molar-refractivity contribution >= 4 is 27.5 Å². The number of halogens is 2. The van der Waals surface area contributed by atoms with Crippen LogP contribution in [0.2, 0.25) is 5.02 Å². The highest BCUT2D eigenvalue weighted by atomic mass is 79.9. The summed E-state index contributed by atoms with van der Waals surface area (Å²) in [4.78, 5) is 0. The fourth-order valence-corrected chi connectivity index (χ4v) is 2.30. The van der Waals surface area contributed by atoms with Gasteiger partial charge in [-0.2, -0.15) is 0 Å². The minimum absolute atomic E-state index is 0.575. The van der Waals surface area contributed by atoms with Crippen LogP contribution in [0.4, 0.5) is 0 Å². The highest BCUT2D eigenvalue weighted by Crippen LogP contribution is 2.31. The highest BCUT2D eigenvalue weighted by molar-refractivity contribution is 9.10. The molecule has 0 aromatic heterocycles. The van der Waals surface area contributed by atoms with Gasteiger partial charge in [0.2, 0.25) is 0 Å². The number of benzene rings is 2. The molecule has 2 aromatic carbocycles. The maximum Gasteiger partial charge on any atom is 0.107 e. The van der Waals surface area contributed by atoms with E-state index >= 15 is 0 Å². The predicted molar refractivity (Wildman–Crippen MR) is 69.7 cm³/mol. The lowest BCUT2D eigenvalue weighted by Crippen LogP contribution is -2.01. The average molecular weight is 298 g/mol. The van der Waals surface area contributed by atoms with Crippen LogP contribution in [0.1, 0.15) is 17.2 Å². The molecule has 3 heteroatoms. The summed E-state index contributed by atoms with van der Waals surface area (Å²) in [6.07, 6.45) is -0.704. The number of hydrogen-bond donors (Lipinski definition) is 1. The van der Waals surface area contributed by atoms with Crippen molar-refractivity contribution in [1.29, 1.82) is 0 Å². The Hall–Kier alpha value is -0.830. The van der Waals surface area contributed by atoms with Gasteiger partial charge in [0.15, 0.2) is 0 Å². The molecule has 0 saturated heterocycles. The lowest BCUT2D eigenvalue weighted by Gasteiger charge is -2.14. The summed E-state index contributed by atoms with van der Waals surface area (Å²) in [6, 6.07) is 14.9. The van der Waals surface area contributed by atoms with Gasteiger partial charge in [0, 0.05) is 15.1 Å². The standard InChI is InChI=1S/C13H10BrClO/c14-11-7-3-1-5-9(11)13(16)10-6-2-4-8-12(10)15/h1-8,13,16H/t13-/m1/s1. The Morgan fingerprint density at radius 2 is 1.50 bits per heavy atom. The maximum atomic E-state index is 10.2. The van der Waals surface area contributed by atoms with E-state index in [4.69, 9.17) is 11.6 Å². The predicted octanol–water partition coefficient (Wildman–Crippen LogP) is 4.18. The van der Waals surface area contributed by atoms with Crippen LogP contribution in [0.3, 0.4) is 0 Å².